The molecule has 0 atom stereocenters. The molecule has 0 fully saturated rings. The SMILES string of the molecule is Cc1ccccc1CN(C)C(=O)/C=C/c1c(C)nn(C)c1C. The van der Waals surface area contributed by atoms with Gasteiger partial charge in [0.05, 0.1) is 5.69 Å². The van der Waals surface area contributed by atoms with Gasteiger partial charge in [0.25, 0.3) is 0 Å². The summed E-state index contributed by atoms with van der Waals surface area (Å²) in [4.78, 5) is 14.0. The van der Waals surface area contributed by atoms with Crippen molar-refractivity contribution in [3.05, 3.63) is 58.4 Å². The molecule has 2 rings (SSSR count). The molecule has 0 radical (unpaired) electrons. The Kier molecular flexibility index (Phi) is 4.81. The zero-order valence-electron chi connectivity index (χ0n) is 13.9. The van der Waals surface area contributed by atoms with Crippen molar-refractivity contribution < 1.29 is 4.79 Å². The van der Waals surface area contributed by atoms with Crippen LogP contribution in [0.4, 0.5) is 0 Å². The first-order chi connectivity index (χ1) is 10.4. The van der Waals surface area contributed by atoms with Gasteiger partial charge in [0.2, 0.25) is 5.91 Å². The highest BCUT2D eigenvalue weighted by atomic mass is 16.2. The maximum absolute atomic E-state index is 12.3. The Hall–Kier alpha value is -2.36. The Morgan fingerprint density at radius 1 is 1.27 bits per heavy atom. The van der Waals surface area contributed by atoms with Gasteiger partial charge in [-0.1, -0.05) is 24.3 Å². The fraction of sp³-hybridized carbons (Fsp3) is 0.333. The maximum atomic E-state index is 12.3. The minimum Gasteiger partial charge on any atom is -0.338 e. The van der Waals surface area contributed by atoms with Gasteiger partial charge in [0.1, 0.15) is 0 Å². The Morgan fingerprint density at radius 3 is 2.55 bits per heavy atom. The lowest BCUT2D eigenvalue weighted by atomic mass is 10.1. The molecule has 4 nitrogen and oxygen atoms in total. The van der Waals surface area contributed by atoms with Crippen molar-refractivity contribution >= 4 is 12.0 Å². The number of aryl methyl sites for hydroxylation is 3. The second-order valence-corrected chi connectivity index (χ2v) is 5.66. The molecule has 0 aliphatic heterocycles. The highest BCUT2D eigenvalue weighted by Gasteiger charge is 2.09. The van der Waals surface area contributed by atoms with Gasteiger partial charge < -0.3 is 4.90 Å². The van der Waals surface area contributed by atoms with Crippen molar-refractivity contribution in [1.82, 2.24) is 14.7 Å². The van der Waals surface area contributed by atoms with Crippen LogP contribution in [0.5, 0.6) is 0 Å². The molecule has 116 valence electrons. The lowest BCUT2D eigenvalue weighted by molar-refractivity contribution is -0.125. The number of benzene rings is 1. The van der Waals surface area contributed by atoms with Crippen LogP contribution < -0.4 is 0 Å². The van der Waals surface area contributed by atoms with Crippen LogP contribution in [-0.2, 0) is 18.4 Å². The molecule has 1 aromatic heterocycles. The molecule has 1 heterocycles. The fourth-order valence-corrected chi connectivity index (χ4v) is 2.43. The number of likely N-dealkylation sites (N-methyl/N-ethyl adjacent to an activating group) is 1. The van der Waals surface area contributed by atoms with E-state index in [-0.39, 0.29) is 5.91 Å². The largest absolute Gasteiger partial charge is 0.338 e. The monoisotopic (exact) mass is 297 g/mol. The van der Waals surface area contributed by atoms with Crippen molar-refractivity contribution in [3.8, 4) is 0 Å². The molecule has 1 aromatic carbocycles. The van der Waals surface area contributed by atoms with Crippen LogP contribution >= 0.6 is 0 Å². The molecule has 2 aromatic rings. The molecule has 0 N–H and O–H groups in total. The summed E-state index contributed by atoms with van der Waals surface area (Å²) in [5.41, 5.74) is 5.37. The number of hydrogen-bond donors (Lipinski definition) is 0. The molecular weight excluding hydrogens is 274 g/mol. The molecule has 22 heavy (non-hydrogen) atoms. The van der Waals surface area contributed by atoms with Crippen LogP contribution in [0.25, 0.3) is 6.08 Å². The van der Waals surface area contributed by atoms with Crippen molar-refractivity contribution in [1.29, 1.82) is 0 Å². The zero-order chi connectivity index (χ0) is 16.3. The zero-order valence-corrected chi connectivity index (χ0v) is 13.9. The quantitative estimate of drug-likeness (QED) is 0.814. The number of carbonyl (C=O) groups excluding carboxylic acids is 1. The lowest BCUT2D eigenvalue weighted by Crippen LogP contribution is -2.24. The van der Waals surface area contributed by atoms with Crippen molar-refractivity contribution in [2.75, 3.05) is 7.05 Å². The smallest absolute Gasteiger partial charge is 0.246 e. The third-order valence-corrected chi connectivity index (χ3v) is 4.00. The number of amides is 1. The van der Waals surface area contributed by atoms with Crippen LogP contribution in [0.15, 0.2) is 30.3 Å². The fourth-order valence-electron chi connectivity index (χ4n) is 2.43. The predicted octanol–water partition coefficient (Wildman–Crippen LogP) is 3.02. The molecule has 1 amide bonds. The number of nitrogens with zero attached hydrogens (tertiary/aromatic N) is 3. The van der Waals surface area contributed by atoms with E-state index < -0.39 is 0 Å². The number of aromatic nitrogens is 2. The minimum atomic E-state index is -0.00842. The summed E-state index contributed by atoms with van der Waals surface area (Å²) >= 11 is 0. The van der Waals surface area contributed by atoms with Gasteiger partial charge in [-0.2, -0.15) is 5.10 Å². The van der Waals surface area contributed by atoms with E-state index in [1.807, 2.05) is 50.8 Å². The number of carbonyl (C=O) groups is 1. The van der Waals surface area contributed by atoms with E-state index in [1.54, 1.807) is 11.0 Å². The van der Waals surface area contributed by atoms with Gasteiger partial charge in [-0.15, -0.1) is 0 Å². The first-order valence-electron chi connectivity index (χ1n) is 7.38. The molecule has 0 spiro atoms. The van der Waals surface area contributed by atoms with Gasteiger partial charge in [-0.3, -0.25) is 9.48 Å². The van der Waals surface area contributed by atoms with E-state index in [0.29, 0.717) is 6.54 Å². The van der Waals surface area contributed by atoms with E-state index in [4.69, 9.17) is 0 Å². The molecule has 0 aliphatic rings. The van der Waals surface area contributed by atoms with Gasteiger partial charge in [-0.05, 0) is 38.0 Å². The van der Waals surface area contributed by atoms with Crippen molar-refractivity contribution in [2.24, 2.45) is 7.05 Å². The standard InChI is InChI=1S/C18H23N3O/c1-13-8-6-7-9-16(13)12-20(4)18(22)11-10-17-14(2)19-21(5)15(17)3/h6-11H,12H2,1-5H3/b11-10+. The average Bonchev–Trinajstić information content (AvgIpc) is 2.72. The Labute approximate surface area is 132 Å². The van der Waals surface area contributed by atoms with Crippen LogP contribution in [0, 0.1) is 20.8 Å². The summed E-state index contributed by atoms with van der Waals surface area (Å²) in [5.74, 6) is -0.00842. The van der Waals surface area contributed by atoms with Crippen LogP contribution in [0.1, 0.15) is 28.1 Å². The molecule has 0 aliphatic carbocycles. The predicted molar refractivity (Wildman–Crippen MR) is 89.4 cm³/mol. The summed E-state index contributed by atoms with van der Waals surface area (Å²) in [7, 11) is 3.73. The van der Waals surface area contributed by atoms with E-state index in [2.05, 4.69) is 24.2 Å². The first-order valence-corrected chi connectivity index (χ1v) is 7.38. The van der Waals surface area contributed by atoms with E-state index in [1.165, 1.54) is 11.1 Å². The van der Waals surface area contributed by atoms with Gasteiger partial charge >= 0.3 is 0 Å². The minimum absolute atomic E-state index is 0.00842. The maximum Gasteiger partial charge on any atom is 0.246 e. The molecule has 0 bridgehead atoms. The normalized spacial score (nSPS) is 11.1. The third-order valence-electron chi connectivity index (χ3n) is 4.00. The van der Waals surface area contributed by atoms with Crippen LogP contribution in [0.2, 0.25) is 0 Å². The number of hydrogen-bond acceptors (Lipinski definition) is 2. The molecule has 0 saturated heterocycles. The topological polar surface area (TPSA) is 38.1 Å². The van der Waals surface area contributed by atoms with Gasteiger partial charge in [-0.25, -0.2) is 0 Å². The van der Waals surface area contributed by atoms with Crippen LogP contribution in [-0.4, -0.2) is 27.6 Å². The molecular formula is C18H23N3O. The summed E-state index contributed by atoms with van der Waals surface area (Å²) in [5, 5.41) is 4.35. The Bertz CT molecular complexity index is 713. The van der Waals surface area contributed by atoms with Crippen molar-refractivity contribution in [2.45, 2.75) is 27.3 Å². The van der Waals surface area contributed by atoms with Gasteiger partial charge in [0, 0.05) is 38.0 Å². The highest BCUT2D eigenvalue weighted by Crippen LogP contribution is 2.14. The summed E-state index contributed by atoms with van der Waals surface area (Å²) in [6, 6.07) is 8.12. The van der Waals surface area contributed by atoms with Gasteiger partial charge in [0.15, 0.2) is 0 Å². The molecule has 4 heteroatoms. The lowest BCUT2D eigenvalue weighted by Gasteiger charge is -2.16. The average molecular weight is 297 g/mol. The van der Waals surface area contributed by atoms with E-state index >= 15 is 0 Å². The van der Waals surface area contributed by atoms with Crippen molar-refractivity contribution in [3.63, 3.8) is 0 Å². The van der Waals surface area contributed by atoms with E-state index in [9.17, 15) is 4.79 Å². The first kappa shape index (κ1) is 16.0. The second-order valence-electron chi connectivity index (χ2n) is 5.66. The molecule has 0 unspecified atom stereocenters. The summed E-state index contributed by atoms with van der Waals surface area (Å²) in [6.45, 7) is 6.63. The molecule has 0 saturated carbocycles. The second kappa shape index (κ2) is 6.60. The van der Waals surface area contributed by atoms with Crippen LogP contribution in [0.3, 0.4) is 0 Å². The third kappa shape index (κ3) is 3.45. The van der Waals surface area contributed by atoms with E-state index in [0.717, 1.165) is 17.0 Å². The highest BCUT2D eigenvalue weighted by molar-refractivity contribution is 5.91. The summed E-state index contributed by atoms with van der Waals surface area (Å²) < 4.78 is 1.83. The summed E-state index contributed by atoms with van der Waals surface area (Å²) in [6.07, 6.45) is 3.48. The number of rotatable bonds is 4. The Balaban J connectivity index is 2.08. The Morgan fingerprint density at radius 2 is 1.95 bits per heavy atom.